The van der Waals surface area contributed by atoms with Gasteiger partial charge in [-0.25, -0.2) is 9.44 Å². The molecule has 1 rings (SSSR count). The lowest BCUT2D eigenvalue weighted by Gasteiger charge is -2.12. The molecule has 16 heavy (non-hydrogen) atoms. The van der Waals surface area contributed by atoms with Gasteiger partial charge >= 0.3 is 0 Å². The average Bonchev–Trinajstić information content (AvgIpc) is 2.68. The summed E-state index contributed by atoms with van der Waals surface area (Å²) in [5.41, 5.74) is 0. The molecule has 0 aromatic rings. The molecule has 0 radical (unpaired) electrons. The maximum absolute atomic E-state index is 11.5. The van der Waals surface area contributed by atoms with Crippen molar-refractivity contribution in [3.05, 3.63) is 0 Å². The molecule has 96 valence electrons. The molecule has 1 aliphatic rings. The molecule has 5 nitrogen and oxygen atoms in total. The minimum Gasteiger partial charge on any atom is -0.314 e. The van der Waals surface area contributed by atoms with Crippen LogP contribution in [-0.4, -0.2) is 34.1 Å². The standard InChI is InChI=1S/C10H23N3O2S/c1-9(2)8-13-16(14,15)12-7-5-10-4-3-6-11-10/h9-13H,3-8H2,1-2H3/t10-/m1/s1. The van der Waals surface area contributed by atoms with Gasteiger partial charge in [0, 0.05) is 19.1 Å². The van der Waals surface area contributed by atoms with Crippen molar-refractivity contribution in [2.45, 2.75) is 39.2 Å². The van der Waals surface area contributed by atoms with Gasteiger partial charge in [0.25, 0.3) is 10.2 Å². The third kappa shape index (κ3) is 5.79. The molecule has 0 saturated carbocycles. The molecule has 1 saturated heterocycles. The zero-order valence-corrected chi connectivity index (χ0v) is 10.9. The van der Waals surface area contributed by atoms with Crippen molar-refractivity contribution in [1.29, 1.82) is 0 Å². The Kier molecular flexibility index (Phi) is 5.68. The van der Waals surface area contributed by atoms with Gasteiger partial charge in [-0.3, -0.25) is 0 Å². The van der Waals surface area contributed by atoms with E-state index in [4.69, 9.17) is 0 Å². The van der Waals surface area contributed by atoms with E-state index in [0.717, 1.165) is 19.4 Å². The summed E-state index contributed by atoms with van der Waals surface area (Å²) in [5, 5.41) is 3.34. The first-order chi connectivity index (χ1) is 7.49. The molecule has 6 heteroatoms. The van der Waals surface area contributed by atoms with Crippen LogP contribution in [0.1, 0.15) is 33.1 Å². The Balaban J connectivity index is 2.14. The predicted molar refractivity (Wildman–Crippen MR) is 65.4 cm³/mol. The summed E-state index contributed by atoms with van der Waals surface area (Å²) < 4.78 is 28.0. The van der Waals surface area contributed by atoms with Crippen molar-refractivity contribution in [2.24, 2.45) is 5.92 Å². The Labute approximate surface area is 98.6 Å². The molecule has 0 aromatic heterocycles. The Hall–Kier alpha value is -0.170. The van der Waals surface area contributed by atoms with Gasteiger partial charge < -0.3 is 5.32 Å². The smallest absolute Gasteiger partial charge is 0.276 e. The minimum atomic E-state index is -3.30. The molecule has 1 fully saturated rings. The van der Waals surface area contributed by atoms with Crippen molar-refractivity contribution in [2.75, 3.05) is 19.6 Å². The first kappa shape index (κ1) is 13.9. The highest BCUT2D eigenvalue weighted by molar-refractivity contribution is 7.87. The van der Waals surface area contributed by atoms with Gasteiger partial charge in [0.2, 0.25) is 0 Å². The van der Waals surface area contributed by atoms with E-state index >= 15 is 0 Å². The van der Waals surface area contributed by atoms with E-state index in [1.807, 2.05) is 13.8 Å². The fourth-order valence-electron chi connectivity index (χ4n) is 1.70. The van der Waals surface area contributed by atoms with E-state index in [1.165, 1.54) is 6.42 Å². The molecule has 0 spiro atoms. The van der Waals surface area contributed by atoms with Gasteiger partial charge in [-0.15, -0.1) is 0 Å². The summed E-state index contributed by atoms with van der Waals surface area (Å²) in [5.74, 6) is 0.327. The normalized spacial score (nSPS) is 21.8. The molecule has 0 amide bonds. The van der Waals surface area contributed by atoms with E-state index in [0.29, 0.717) is 25.0 Å². The number of nitrogens with one attached hydrogen (secondary N) is 3. The van der Waals surface area contributed by atoms with Crippen LogP contribution in [0.3, 0.4) is 0 Å². The topological polar surface area (TPSA) is 70.2 Å². The van der Waals surface area contributed by atoms with Crippen molar-refractivity contribution >= 4 is 10.2 Å². The Morgan fingerprint density at radius 1 is 1.38 bits per heavy atom. The summed E-state index contributed by atoms with van der Waals surface area (Å²) in [6.07, 6.45) is 3.22. The second kappa shape index (κ2) is 6.54. The van der Waals surface area contributed by atoms with Gasteiger partial charge in [0.1, 0.15) is 0 Å². The zero-order chi connectivity index (χ0) is 12.0. The van der Waals surface area contributed by atoms with E-state index in [1.54, 1.807) is 0 Å². The van der Waals surface area contributed by atoms with Gasteiger partial charge in [0.15, 0.2) is 0 Å². The van der Waals surface area contributed by atoms with Crippen LogP contribution in [0.4, 0.5) is 0 Å². The van der Waals surface area contributed by atoms with Crippen LogP contribution in [0.25, 0.3) is 0 Å². The van der Waals surface area contributed by atoms with Gasteiger partial charge in [-0.1, -0.05) is 13.8 Å². The number of hydrogen-bond donors (Lipinski definition) is 3. The monoisotopic (exact) mass is 249 g/mol. The predicted octanol–water partition coefficient (Wildman–Crippen LogP) is 0.209. The molecular weight excluding hydrogens is 226 g/mol. The van der Waals surface area contributed by atoms with Crippen LogP contribution in [0.15, 0.2) is 0 Å². The summed E-state index contributed by atoms with van der Waals surface area (Å²) in [6.45, 7) is 6.00. The van der Waals surface area contributed by atoms with Crippen molar-refractivity contribution in [3.8, 4) is 0 Å². The maximum Gasteiger partial charge on any atom is 0.276 e. The average molecular weight is 249 g/mol. The lowest BCUT2D eigenvalue weighted by molar-refractivity contribution is 0.525. The summed E-state index contributed by atoms with van der Waals surface area (Å²) in [7, 11) is -3.30. The SMILES string of the molecule is CC(C)CNS(=O)(=O)NCC[C@H]1CCCN1. The van der Waals surface area contributed by atoms with Gasteiger partial charge in [-0.05, 0) is 31.7 Å². The van der Waals surface area contributed by atoms with Crippen LogP contribution < -0.4 is 14.8 Å². The van der Waals surface area contributed by atoms with Gasteiger partial charge in [-0.2, -0.15) is 8.42 Å². The molecule has 1 heterocycles. The zero-order valence-electron chi connectivity index (χ0n) is 10.1. The summed E-state index contributed by atoms with van der Waals surface area (Å²) in [4.78, 5) is 0. The fraction of sp³-hybridized carbons (Fsp3) is 1.00. The molecule has 0 aromatic carbocycles. The van der Waals surface area contributed by atoms with Crippen molar-refractivity contribution in [1.82, 2.24) is 14.8 Å². The van der Waals surface area contributed by atoms with Crippen LogP contribution in [0, 0.1) is 5.92 Å². The van der Waals surface area contributed by atoms with Crippen LogP contribution in [0.2, 0.25) is 0 Å². The lowest BCUT2D eigenvalue weighted by Crippen LogP contribution is -2.40. The highest BCUT2D eigenvalue weighted by atomic mass is 32.2. The highest BCUT2D eigenvalue weighted by Gasteiger charge is 2.15. The van der Waals surface area contributed by atoms with Crippen molar-refractivity contribution < 1.29 is 8.42 Å². The largest absolute Gasteiger partial charge is 0.314 e. The second-order valence-electron chi connectivity index (χ2n) is 4.72. The van der Waals surface area contributed by atoms with Crippen LogP contribution in [0.5, 0.6) is 0 Å². The van der Waals surface area contributed by atoms with E-state index in [2.05, 4.69) is 14.8 Å². The number of hydrogen-bond acceptors (Lipinski definition) is 3. The molecule has 0 unspecified atom stereocenters. The third-order valence-corrected chi connectivity index (χ3v) is 3.76. The number of rotatable bonds is 7. The minimum absolute atomic E-state index is 0.327. The molecule has 1 atom stereocenters. The maximum atomic E-state index is 11.5. The molecular formula is C10H23N3O2S. The Bertz CT molecular complexity index is 284. The molecule has 0 bridgehead atoms. The first-order valence-corrected chi connectivity index (χ1v) is 7.45. The van der Waals surface area contributed by atoms with Gasteiger partial charge in [0.05, 0.1) is 0 Å². The summed E-state index contributed by atoms with van der Waals surface area (Å²) in [6, 6.07) is 0.479. The molecule has 3 N–H and O–H groups in total. The second-order valence-corrected chi connectivity index (χ2v) is 6.31. The molecule has 1 aliphatic heterocycles. The summed E-state index contributed by atoms with van der Waals surface area (Å²) >= 11 is 0. The van der Waals surface area contributed by atoms with E-state index in [9.17, 15) is 8.42 Å². The van der Waals surface area contributed by atoms with Crippen LogP contribution in [-0.2, 0) is 10.2 Å². The third-order valence-electron chi connectivity index (χ3n) is 2.63. The highest BCUT2D eigenvalue weighted by Crippen LogP contribution is 2.07. The first-order valence-electron chi connectivity index (χ1n) is 5.97. The Morgan fingerprint density at radius 3 is 2.69 bits per heavy atom. The van der Waals surface area contributed by atoms with Crippen molar-refractivity contribution in [3.63, 3.8) is 0 Å². The van der Waals surface area contributed by atoms with E-state index < -0.39 is 10.2 Å². The quantitative estimate of drug-likeness (QED) is 0.604. The molecule has 0 aliphatic carbocycles. The lowest BCUT2D eigenvalue weighted by atomic mass is 10.2. The fourth-order valence-corrected chi connectivity index (χ4v) is 2.74. The van der Waals surface area contributed by atoms with Crippen LogP contribution >= 0.6 is 0 Å². The Morgan fingerprint density at radius 2 is 2.12 bits per heavy atom. The van der Waals surface area contributed by atoms with E-state index in [-0.39, 0.29) is 0 Å².